The van der Waals surface area contributed by atoms with E-state index in [1.807, 2.05) is 30.3 Å². The predicted octanol–water partition coefficient (Wildman–Crippen LogP) is 1.62. The van der Waals surface area contributed by atoms with E-state index < -0.39 is 5.91 Å². The standard InChI is InChI=1S/C16H15N7O/c1-12-15(16(24)20-18-11-13-7-9-17-10-8-13)19-22-23(12)21-14-5-3-2-4-6-14/h2-11,21H,1H3,(H,20,24)/b18-11+. The molecule has 0 saturated carbocycles. The fourth-order valence-corrected chi connectivity index (χ4v) is 1.95. The van der Waals surface area contributed by atoms with Gasteiger partial charge >= 0.3 is 0 Å². The van der Waals surface area contributed by atoms with Crippen LogP contribution >= 0.6 is 0 Å². The van der Waals surface area contributed by atoms with Crippen LogP contribution in [-0.2, 0) is 0 Å². The van der Waals surface area contributed by atoms with Crippen molar-refractivity contribution in [3.05, 3.63) is 71.8 Å². The molecule has 0 aliphatic heterocycles. The molecule has 1 amide bonds. The van der Waals surface area contributed by atoms with Crippen molar-refractivity contribution in [3.8, 4) is 0 Å². The third kappa shape index (κ3) is 3.61. The van der Waals surface area contributed by atoms with Gasteiger partial charge in [-0.3, -0.25) is 15.2 Å². The minimum Gasteiger partial charge on any atom is -0.277 e. The average molecular weight is 321 g/mol. The van der Waals surface area contributed by atoms with E-state index in [-0.39, 0.29) is 5.69 Å². The van der Waals surface area contributed by atoms with E-state index in [2.05, 4.69) is 31.2 Å². The molecule has 2 heterocycles. The number of aromatic nitrogens is 4. The maximum atomic E-state index is 12.1. The smallest absolute Gasteiger partial charge is 0.277 e. The minimum absolute atomic E-state index is 0.199. The number of carbonyl (C=O) groups is 1. The fourth-order valence-electron chi connectivity index (χ4n) is 1.95. The Kier molecular flexibility index (Phi) is 4.57. The molecule has 1 aromatic carbocycles. The van der Waals surface area contributed by atoms with Crippen molar-refractivity contribution in [2.45, 2.75) is 6.92 Å². The Hall–Kier alpha value is -3.55. The summed E-state index contributed by atoms with van der Waals surface area (Å²) in [6.07, 6.45) is 4.82. The van der Waals surface area contributed by atoms with Gasteiger partial charge < -0.3 is 0 Å². The van der Waals surface area contributed by atoms with Crippen LogP contribution < -0.4 is 10.9 Å². The van der Waals surface area contributed by atoms with Gasteiger partial charge in [0.1, 0.15) is 0 Å². The van der Waals surface area contributed by atoms with Crippen molar-refractivity contribution in [1.82, 2.24) is 25.5 Å². The maximum Gasteiger partial charge on any atom is 0.293 e. The molecule has 0 radical (unpaired) electrons. The van der Waals surface area contributed by atoms with Gasteiger partial charge in [0.2, 0.25) is 0 Å². The summed E-state index contributed by atoms with van der Waals surface area (Å²) in [4.78, 5) is 17.5. The normalized spacial score (nSPS) is 10.7. The zero-order valence-corrected chi connectivity index (χ0v) is 12.9. The highest BCUT2D eigenvalue weighted by Gasteiger charge is 2.16. The van der Waals surface area contributed by atoms with E-state index >= 15 is 0 Å². The summed E-state index contributed by atoms with van der Waals surface area (Å²) in [5.74, 6) is -0.432. The van der Waals surface area contributed by atoms with Gasteiger partial charge in [-0.05, 0) is 42.0 Å². The summed E-state index contributed by atoms with van der Waals surface area (Å²) in [5, 5.41) is 11.7. The second-order valence-electron chi connectivity index (χ2n) is 4.89. The molecule has 0 aliphatic carbocycles. The first-order valence-corrected chi connectivity index (χ1v) is 7.22. The molecule has 0 aliphatic rings. The molecule has 3 rings (SSSR count). The minimum atomic E-state index is -0.432. The number of nitrogens with one attached hydrogen (secondary N) is 2. The summed E-state index contributed by atoms with van der Waals surface area (Å²) in [6.45, 7) is 1.75. The predicted molar refractivity (Wildman–Crippen MR) is 89.5 cm³/mol. The third-order valence-electron chi connectivity index (χ3n) is 3.20. The summed E-state index contributed by atoms with van der Waals surface area (Å²) in [7, 11) is 0. The van der Waals surface area contributed by atoms with Crippen LogP contribution in [0.4, 0.5) is 5.69 Å². The highest BCUT2D eigenvalue weighted by molar-refractivity contribution is 5.93. The molecule has 0 saturated heterocycles. The first-order valence-electron chi connectivity index (χ1n) is 7.22. The van der Waals surface area contributed by atoms with Crippen LogP contribution in [0.25, 0.3) is 0 Å². The lowest BCUT2D eigenvalue weighted by Gasteiger charge is -2.06. The van der Waals surface area contributed by atoms with E-state index in [4.69, 9.17) is 0 Å². The van der Waals surface area contributed by atoms with Gasteiger partial charge in [-0.2, -0.15) is 9.89 Å². The molecule has 0 bridgehead atoms. The summed E-state index contributed by atoms with van der Waals surface area (Å²) >= 11 is 0. The van der Waals surface area contributed by atoms with Crippen LogP contribution in [0.3, 0.4) is 0 Å². The quantitative estimate of drug-likeness (QED) is 0.550. The maximum absolute atomic E-state index is 12.1. The second-order valence-corrected chi connectivity index (χ2v) is 4.89. The van der Waals surface area contributed by atoms with Crippen molar-refractivity contribution in [1.29, 1.82) is 0 Å². The second kappa shape index (κ2) is 7.14. The number of amides is 1. The molecule has 3 aromatic rings. The zero-order valence-electron chi connectivity index (χ0n) is 12.9. The van der Waals surface area contributed by atoms with Crippen LogP contribution in [0, 0.1) is 6.92 Å². The summed E-state index contributed by atoms with van der Waals surface area (Å²) < 4.78 is 0. The van der Waals surface area contributed by atoms with Crippen LogP contribution in [0.5, 0.6) is 0 Å². The van der Waals surface area contributed by atoms with Crippen LogP contribution in [-0.4, -0.2) is 32.2 Å². The summed E-state index contributed by atoms with van der Waals surface area (Å²) in [5.41, 5.74) is 7.93. The number of pyridine rings is 1. The van der Waals surface area contributed by atoms with Crippen molar-refractivity contribution in [2.75, 3.05) is 5.43 Å². The third-order valence-corrected chi connectivity index (χ3v) is 3.20. The molecule has 120 valence electrons. The number of nitrogens with zero attached hydrogens (tertiary/aromatic N) is 5. The Bertz CT molecular complexity index is 843. The highest BCUT2D eigenvalue weighted by atomic mass is 16.2. The van der Waals surface area contributed by atoms with E-state index in [9.17, 15) is 4.79 Å². The number of para-hydroxylation sites is 1. The van der Waals surface area contributed by atoms with E-state index in [1.165, 1.54) is 11.0 Å². The largest absolute Gasteiger partial charge is 0.293 e. The number of rotatable bonds is 5. The number of benzene rings is 1. The molecule has 0 spiro atoms. The molecule has 0 fully saturated rings. The van der Waals surface area contributed by atoms with Gasteiger partial charge in [-0.1, -0.05) is 18.2 Å². The SMILES string of the molecule is Cc1c(C(=O)N/N=C/c2ccncc2)nnn1Nc1ccccc1. The van der Waals surface area contributed by atoms with Crippen LogP contribution in [0.1, 0.15) is 21.7 Å². The van der Waals surface area contributed by atoms with Gasteiger partial charge in [-0.25, -0.2) is 5.43 Å². The molecule has 8 nitrogen and oxygen atoms in total. The molecular formula is C16H15N7O. The lowest BCUT2D eigenvalue weighted by Crippen LogP contribution is -2.20. The van der Waals surface area contributed by atoms with Gasteiger partial charge in [0.15, 0.2) is 5.69 Å². The van der Waals surface area contributed by atoms with Gasteiger partial charge in [0.05, 0.1) is 17.6 Å². The monoisotopic (exact) mass is 321 g/mol. The number of hydrogen-bond donors (Lipinski definition) is 2. The van der Waals surface area contributed by atoms with Crippen LogP contribution in [0.2, 0.25) is 0 Å². The molecule has 2 N–H and O–H groups in total. The first kappa shape index (κ1) is 15.3. The highest BCUT2D eigenvalue weighted by Crippen LogP contribution is 2.08. The van der Waals surface area contributed by atoms with Gasteiger partial charge in [0.25, 0.3) is 5.91 Å². The first-order chi connectivity index (χ1) is 11.7. The van der Waals surface area contributed by atoms with Crippen LogP contribution in [0.15, 0.2) is 60.0 Å². The zero-order chi connectivity index (χ0) is 16.8. The fraction of sp³-hybridized carbons (Fsp3) is 0.0625. The van der Waals surface area contributed by atoms with Crippen molar-refractivity contribution in [2.24, 2.45) is 5.10 Å². The molecule has 2 aromatic heterocycles. The number of carbonyl (C=O) groups excluding carboxylic acids is 1. The Morgan fingerprint density at radius 3 is 2.67 bits per heavy atom. The number of hydrogen-bond acceptors (Lipinski definition) is 6. The Morgan fingerprint density at radius 2 is 1.92 bits per heavy atom. The van der Waals surface area contributed by atoms with E-state index in [0.717, 1.165) is 11.3 Å². The van der Waals surface area contributed by atoms with Crippen molar-refractivity contribution >= 4 is 17.8 Å². The Morgan fingerprint density at radius 1 is 1.17 bits per heavy atom. The van der Waals surface area contributed by atoms with E-state index in [0.29, 0.717) is 5.69 Å². The summed E-state index contributed by atoms with van der Waals surface area (Å²) in [6, 6.07) is 13.0. The molecular weight excluding hydrogens is 306 g/mol. The molecule has 0 unspecified atom stereocenters. The Balaban J connectivity index is 1.66. The number of hydrazone groups is 1. The van der Waals surface area contributed by atoms with Gasteiger partial charge in [0, 0.05) is 12.4 Å². The van der Waals surface area contributed by atoms with Crippen molar-refractivity contribution < 1.29 is 4.79 Å². The molecule has 8 heteroatoms. The Labute approximate surface area is 138 Å². The lowest BCUT2D eigenvalue weighted by molar-refractivity contribution is 0.0949. The lowest BCUT2D eigenvalue weighted by atomic mass is 10.3. The molecule has 24 heavy (non-hydrogen) atoms. The molecule has 0 atom stereocenters. The van der Waals surface area contributed by atoms with E-state index in [1.54, 1.807) is 31.5 Å². The topological polar surface area (TPSA) is 97.1 Å². The number of anilines is 1. The van der Waals surface area contributed by atoms with Crippen molar-refractivity contribution in [3.63, 3.8) is 0 Å². The average Bonchev–Trinajstić information content (AvgIpc) is 2.97. The van der Waals surface area contributed by atoms with Gasteiger partial charge in [-0.15, -0.1) is 5.10 Å².